The highest BCUT2D eigenvalue weighted by Gasteiger charge is 2.26. The molecule has 0 saturated carbocycles. The van der Waals surface area contributed by atoms with Gasteiger partial charge in [-0.05, 0) is 31.2 Å². The van der Waals surface area contributed by atoms with E-state index in [-0.39, 0.29) is 12.5 Å². The minimum absolute atomic E-state index is 0.167. The maximum atomic E-state index is 12.2. The number of nitrogens with zero attached hydrogens (tertiary/aromatic N) is 2. The Labute approximate surface area is 129 Å². The first-order chi connectivity index (χ1) is 10.7. The van der Waals surface area contributed by atoms with E-state index in [0.29, 0.717) is 11.5 Å². The number of aryl methyl sites for hydroxylation is 1. The van der Waals surface area contributed by atoms with Gasteiger partial charge in [0.1, 0.15) is 5.82 Å². The first-order valence-electron chi connectivity index (χ1n) is 7.35. The van der Waals surface area contributed by atoms with Crippen molar-refractivity contribution in [2.45, 2.75) is 6.92 Å². The maximum absolute atomic E-state index is 12.2. The zero-order valence-electron chi connectivity index (χ0n) is 12.5. The van der Waals surface area contributed by atoms with Gasteiger partial charge in [-0.3, -0.25) is 4.79 Å². The lowest BCUT2D eigenvalue weighted by atomic mass is 10.0. The molecule has 0 bridgehead atoms. The number of nitrogens with one attached hydrogen (secondary N) is 1. The van der Waals surface area contributed by atoms with E-state index in [9.17, 15) is 4.79 Å². The van der Waals surface area contributed by atoms with E-state index >= 15 is 0 Å². The van der Waals surface area contributed by atoms with Gasteiger partial charge in [0.05, 0.1) is 5.56 Å². The average Bonchev–Trinajstić information content (AvgIpc) is 2.49. The Hall–Kier alpha value is -2.40. The summed E-state index contributed by atoms with van der Waals surface area (Å²) in [5.74, 6) is 1.02. The van der Waals surface area contributed by atoms with Gasteiger partial charge in [-0.2, -0.15) is 0 Å². The number of carbonyl (C=O) groups is 1. The van der Waals surface area contributed by atoms with Gasteiger partial charge in [0.15, 0.2) is 0 Å². The summed E-state index contributed by atoms with van der Waals surface area (Å²) in [5, 5.41) is 11.9. The Bertz CT molecular complexity index is 647. The van der Waals surface area contributed by atoms with Crippen molar-refractivity contribution in [3.8, 4) is 0 Å². The number of pyridine rings is 1. The molecule has 0 radical (unpaired) electrons. The van der Waals surface area contributed by atoms with E-state index < -0.39 is 0 Å². The molecule has 5 heteroatoms. The smallest absolute Gasteiger partial charge is 0.257 e. The third-order valence-corrected chi connectivity index (χ3v) is 3.86. The van der Waals surface area contributed by atoms with Crippen molar-refractivity contribution in [3.05, 3.63) is 53.7 Å². The fourth-order valence-corrected chi connectivity index (χ4v) is 2.42. The molecule has 1 fully saturated rings. The number of benzene rings is 1. The molecule has 2 N–H and O–H groups in total. The van der Waals surface area contributed by atoms with Crippen LogP contribution in [0.4, 0.5) is 11.5 Å². The topological polar surface area (TPSA) is 65.5 Å². The number of rotatable bonds is 4. The van der Waals surface area contributed by atoms with E-state index in [1.807, 2.05) is 37.3 Å². The third kappa shape index (κ3) is 3.09. The van der Waals surface area contributed by atoms with Gasteiger partial charge in [-0.25, -0.2) is 4.98 Å². The Balaban J connectivity index is 1.62. The molecule has 1 aliphatic heterocycles. The lowest BCUT2D eigenvalue weighted by Crippen LogP contribution is -2.48. The number of aliphatic hydroxyl groups excluding tert-OH is 1. The Morgan fingerprint density at radius 1 is 1.27 bits per heavy atom. The summed E-state index contributed by atoms with van der Waals surface area (Å²) < 4.78 is 0. The van der Waals surface area contributed by atoms with E-state index in [0.717, 1.165) is 30.2 Å². The van der Waals surface area contributed by atoms with Crippen LogP contribution >= 0.6 is 0 Å². The second-order valence-corrected chi connectivity index (χ2v) is 5.68. The second-order valence-electron chi connectivity index (χ2n) is 5.68. The molecule has 1 amide bonds. The van der Waals surface area contributed by atoms with Crippen LogP contribution in [0.5, 0.6) is 0 Å². The summed E-state index contributed by atoms with van der Waals surface area (Å²) in [4.78, 5) is 18.6. The van der Waals surface area contributed by atoms with E-state index in [1.165, 1.54) is 0 Å². The molecule has 0 unspecified atom stereocenters. The Kier molecular flexibility index (Phi) is 4.06. The fraction of sp³-hybridized carbons (Fsp3) is 0.294. The van der Waals surface area contributed by atoms with Crippen LogP contribution in [0.15, 0.2) is 42.6 Å². The second kappa shape index (κ2) is 6.15. The largest absolute Gasteiger partial charge is 0.396 e. The molecule has 5 nitrogen and oxygen atoms in total. The van der Waals surface area contributed by atoms with Crippen LogP contribution in [-0.2, 0) is 0 Å². The maximum Gasteiger partial charge on any atom is 0.257 e. The van der Waals surface area contributed by atoms with Crippen LogP contribution in [0.2, 0.25) is 0 Å². The number of hydrogen-bond acceptors (Lipinski definition) is 4. The highest BCUT2D eigenvalue weighted by atomic mass is 16.3. The minimum Gasteiger partial charge on any atom is -0.396 e. The summed E-state index contributed by atoms with van der Waals surface area (Å²) in [6.45, 7) is 3.86. The minimum atomic E-state index is -0.167. The van der Waals surface area contributed by atoms with Gasteiger partial charge >= 0.3 is 0 Å². The average molecular weight is 297 g/mol. The van der Waals surface area contributed by atoms with E-state index in [1.54, 1.807) is 12.3 Å². The fourth-order valence-electron chi connectivity index (χ4n) is 2.42. The Morgan fingerprint density at radius 2 is 2.00 bits per heavy atom. The standard InChI is InChI=1S/C17H19N3O2/c1-12-2-5-15(6-3-12)19-17(22)14-4-7-16(18-8-14)20-9-13(10-20)11-21/h2-8,13,21H,9-11H2,1H3,(H,19,22). The Morgan fingerprint density at radius 3 is 2.59 bits per heavy atom. The number of aromatic nitrogens is 1. The van der Waals surface area contributed by atoms with Crippen LogP contribution < -0.4 is 10.2 Å². The van der Waals surface area contributed by atoms with E-state index in [4.69, 9.17) is 5.11 Å². The molecule has 0 aliphatic carbocycles. The van der Waals surface area contributed by atoms with Crippen molar-refractivity contribution in [3.63, 3.8) is 0 Å². The molecule has 0 spiro atoms. The number of hydrogen-bond donors (Lipinski definition) is 2. The van der Waals surface area contributed by atoms with Crippen LogP contribution in [0.25, 0.3) is 0 Å². The quantitative estimate of drug-likeness (QED) is 0.906. The normalized spacial score (nSPS) is 14.5. The molecule has 0 atom stereocenters. The zero-order valence-corrected chi connectivity index (χ0v) is 12.5. The molecular formula is C17H19N3O2. The monoisotopic (exact) mass is 297 g/mol. The first-order valence-corrected chi connectivity index (χ1v) is 7.35. The van der Waals surface area contributed by atoms with Crippen molar-refractivity contribution >= 4 is 17.4 Å². The van der Waals surface area contributed by atoms with Gasteiger partial charge in [-0.1, -0.05) is 17.7 Å². The highest BCUT2D eigenvalue weighted by molar-refractivity contribution is 6.04. The van der Waals surface area contributed by atoms with Crippen LogP contribution in [0.3, 0.4) is 0 Å². The van der Waals surface area contributed by atoms with Gasteiger partial charge in [0.25, 0.3) is 5.91 Å². The van der Waals surface area contributed by atoms with Crippen LogP contribution in [-0.4, -0.2) is 35.7 Å². The van der Waals surface area contributed by atoms with Gasteiger partial charge in [-0.15, -0.1) is 0 Å². The molecule has 1 aromatic carbocycles. The van der Waals surface area contributed by atoms with Crippen molar-refractivity contribution < 1.29 is 9.90 Å². The summed E-state index contributed by atoms with van der Waals surface area (Å²) in [6.07, 6.45) is 1.59. The molecule has 114 valence electrons. The molecule has 1 aliphatic rings. The lowest BCUT2D eigenvalue weighted by Gasteiger charge is -2.39. The zero-order chi connectivity index (χ0) is 15.5. The number of amides is 1. The molecule has 2 heterocycles. The molecule has 3 rings (SSSR count). The van der Waals surface area contributed by atoms with Crippen molar-refractivity contribution in [2.24, 2.45) is 5.92 Å². The SMILES string of the molecule is Cc1ccc(NC(=O)c2ccc(N3CC(CO)C3)nc2)cc1. The van der Waals surface area contributed by atoms with Gasteiger partial charge in [0.2, 0.25) is 0 Å². The lowest BCUT2D eigenvalue weighted by molar-refractivity contribution is 0.102. The number of carbonyl (C=O) groups excluding carboxylic acids is 1. The molecule has 22 heavy (non-hydrogen) atoms. The van der Waals surface area contributed by atoms with E-state index in [2.05, 4.69) is 15.2 Å². The van der Waals surface area contributed by atoms with Gasteiger partial charge < -0.3 is 15.3 Å². The third-order valence-electron chi connectivity index (χ3n) is 3.86. The van der Waals surface area contributed by atoms with Gasteiger partial charge in [0, 0.05) is 37.5 Å². The summed E-state index contributed by atoms with van der Waals surface area (Å²) >= 11 is 0. The van der Waals surface area contributed by atoms with Crippen molar-refractivity contribution in [1.29, 1.82) is 0 Å². The molecule has 1 saturated heterocycles. The predicted molar refractivity (Wildman–Crippen MR) is 86.2 cm³/mol. The van der Waals surface area contributed by atoms with Crippen molar-refractivity contribution in [1.82, 2.24) is 4.98 Å². The number of anilines is 2. The van der Waals surface area contributed by atoms with Crippen LogP contribution in [0.1, 0.15) is 15.9 Å². The molecule has 2 aromatic rings. The predicted octanol–water partition coefficient (Wildman–Crippen LogP) is 2.07. The molecule has 1 aromatic heterocycles. The summed E-state index contributed by atoms with van der Waals surface area (Å²) in [5.41, 5.74) is 2.46. The molecular weight excluding hydrogens is 278 g/mol. The van der Waals surface area contributed by atoms with Crippen LogP contribution in [0, 0.1) is 12.8 Å². The highest BCUT2D eigenvalue weighted by Crippen LogP contribution is 2.22. The first kappa shape index (κ1) is 14.5. The van der Waals surface area contributed by atoms with Crippen molar-refractivity contribution in [2.75, 3.05) is 29.9 Å². The summed E-state index contributed by atoms with van der Waals surface area (Å²) in [7, 11) is 0. The number of aliphatic hydroxyl groups is 1. The summed E-state index contributed by atoms with van der Waals surface area (Å²) in [6, 6.07) is 11.3.